The number of ether oxygens (including phenoxy) is 2. The zero-order valence-corrected chi connectivity index (χ0v) is 29.5. The highest BCUT2D eigenvalue weighted by Crippen LogP contribution is 2.68. The molecule has 11 unspecified atom stereocenters. The van der Waals surface area contributed by atoms with E-state index in [1.807, 2.05) is 0 Å². The van der Waals surface area contributed by atoms with Gasteiger partial charge in [0.1, 0.15) is 0 Å². The van der Waals surface area contributed by atoms with Crippen LogP contribution in [0.1, 0.15) is 138 Å². The highest BCUT2D eigenvalue weighted by molar-refractivity contribution is 5.66. The zero-order valence-electron chi connectivity index (χ0n) is 29.5. The molecule has 6 saturated carbocycles. The van der Waals surface area contributed by atoms with Crippen molar-refractivity contribution in [3.8, 4) is 0 Å². The van der Waals surface area contributed by atoms with Gasteiger partial charge in [-0.3, -0.25) is 4.79 Å². The fraction of sp³-hybridized carbons (Fsp3) is 0.975. The maximum Gasteiger partial charge on any atom is 0.303 e. The summed E-state index contributed by atoms with van der Waals surface area (Å²) in [5.74, 6) is 6.23. The highest BCUT2D eigenvalue weighted by atomic mass is 16.5. The monoisotopic (exact) mass is 626 g/mol. The van der Waals surface area contributed by atoms with Crippen LogP contribution in [0.5, 0.6) is 0 Å². The standard InChI is InChI=1S/C40H66O5/c1-22-7-10-29-25(4)34(21-35-37(29)28(22)11-9-24(3)44-35)45-27-15-17-39(5)26(19-27)20-33(41)38-31-13-12-30(23(2)8-14-36(42)43)40(31,6)18-16-32(38)39/h22-35,37-38,41H,7-21H2,1-6H3,(H,42,43)/t22-,23-,24?,25-,26?,27-,28?,29?,30?,31?,32?,33-,34?,35?,37?,38?,39+,40-/m1/s1. The maximum absolute atomic E-state index is 11.9. The van der Waals surface area contributed by atoms with Crippen LogP contribution in [0.2, 0.25) is 0 Å². The number of aliphatic hydroxyl groups excluding tert-OH is 1. The molecule has 7 aliphatic rings. The Morgan fingerprint density at radius 2 is 1.60 bits per heavy atom. The molecule has 0 aromatic rings. The van der Waals surface area contributed by atoms with Gasteiger partial charge >= 0.3 is 5.97 Å². The Morgan fingerprint density at radius 1 is 0.867 bits per heavy atom. The second-order valence-electron chi connectivity index (χ2n) is 18.6. The van der Waals surface area contributed by atoms with E-state index in [4.69, 9.17) is 9.47 Å². The van der Waals surface area contributed by atoms with Gasteiger partial charge in [0.25, 0.3) is 0 Å². The lowest BCUT2D eigenvalue weighted by molar-refractivity contribution is -0.201. The van der Waals surface area contributed by atoms with Crippen LogP contribution in [0.15, 0.2) is 0 Å². The van der Waals surface area contributed by atoms with E-state index in [-0.39, 0.29) is 17.9 Å². The Kier molecular flexibility index (Phi) is 9.02. The van der Waals surface area contributed by atoms with Crippen LogP contribution < -0.4 is 0 Å². The molecule has 1 aliphatic heterocycles. The largest absolute Gasteiger partial charge is 0.481 e. The summed E-state index contributed by atoms with van der Waals surface area (Å²) in [7, 11) is 0. The first-order valence-corrected chi connectivity index (χ1v) is 19.6. The molecule has 45 heavy (non-hydrogen) atoms. The number of aliphatic carboxylic acids is 1. The van der Waals surface area contributed by atoms with E-state index in [0.29, 0.717) is 71.3 Å². The Balaban J connectivity index is 1.02. The summed E-state index contributed by atoms with van der Waals surface area (Å²) >= 11 is 0. The van der Waals surface area contributed by atoms with Crippen LogP contribution in [0, 0.1) is 75.9 Å². The SMILES string of the molecule is CC1CCC2C3C(CC(O[C@@H]4CC[C@@]5(C)C(C4)C[C@@H](O)C4C5CC[C@@]5(C)C4CCC5[C@H](C)CCC(=O)O)[C@H](C)C3CC[C@H]2C)O1. The van der Waals surface area contributed by atoms with E-state index >= 15 is 0 Å². The molecule has 0 amide bonds. The first-order chi connectivity index (χ1) is 21.4. The zero-order chi connectivity index (χ0) is 31.8. The van der Waals surface area contributed by atoms with Crippen LogP contribution >= 0.6 is 0 Å². The molecule has 18 atom stereocenters. The average Bonchev–Trinajstić information content (AvgIpc) is 3.25. The Morgan fingerprint density at radius 3 is 2.38 bits per heavy atom. The summed E-state index contributed by atoms with van der Waals surface area (Å²) in [5.41, 5.74) is 0.542. The number of fused-ring (bicyclic) bond motifs is 5. The smallest absolute Gasteiger partial charge is 0.303 e. The molecule has 256 valence electrons. The predicted molar refractivity (Wildman–Crippen MR) is 178 cm³/mol. The van der Waals surface area contributed by atoms with Crippen LogP contribution in [-0.2, 0) is 14.3 Å². The number of aliphatic hydroxyl groups is 1. The fourth-order valence-electron chi connectivity index (χ4n) is 14.3. The third-order valence-corrected chi connectivity index (χ3v) is 16.7. The van der Waals surface area contributed by atoms with Gasteiger partial charge in [-0.25, -0.2) is 0 Å². The first-order valence-electron chi connectivity index (χ1n) is 19.6. The number of rotatable bonds is 6. The topological polar surface area (TPSA) is 76.0 Å². The predicted octanol–water partition coefficient (Wildman–Crippen LogP) is 8.76. The molecule has 0 bridgehead atoms. The molecular formula is C40H66O5. The summed E-state index contributed by atoms with van der Waals surface area (Å²) in [6.45, 7) is 14.7. The number of carboxylic acid groups (broad SMARTS) is 1. The number of carboxylic acids is 1. The summed E-state index contributed by atoms with van der Waals surface area (Å²) in [4.78, 5) is 11.3. The second-order valence-corrected chi connectivity index (χ2v) is 18.6. The molecule has 1 heterocycles. The number of carbonyl (C=O) groups is 1. The van der Waals surface area contributed by atoms with Gasteiger partial charge < -0.3 is 19.7 Å². The molecule has 5 nitrogen and oxygen atoms in total. The summed E-state index contributed by atoms with van der Waals surface area (Å²) in [5, 5.41) is 21.2. The minimum Gasteiger partial charge on any atom is -0.481 e. The molecule has 0 spiro atoms. The Labute approximate surface area is 274 Å². The lowest BCUT2D eigenvalue weighted by atomic mass is 9.43. The van der Waals surface area contributed by atoms with Gasteiger partial charge in [0.05, 0.1) is 30.5 Å². The van der Waals surface area contributed by atoms with Crippen molar-refractivity contribution in [3.63, 3.8) is 0 Å². The maximum atomic E-state index is 11.9. The molecule has 0 radical (unpaired) electrons. The molecule has 1 saturated heterocycles. The van der Waals surface area contributed by atoms with Crippen LogP contribution in [0.25, 0.3) is 0 Å². The molecule has 7 fully saturated rings. The van der Waals surface area contributed by atoms with Gasteiger partial charge in [0, 0.05) is 12.8 Å². The van der Waals surface area contributed by atoms with E-state index in [9.17, 15) is 15.0 Å². The van der Waals surface area contributed by atoms with E-state index in [1.165, 1.54) is 64.2 Å². The Hall–Kier alpha value is -0.650. The van der Waals surface area contributed by atoms with E-state index in [1.54, 1.807) is 0 Å². The third-order valence-electron chi connectivity index (χ3n) is 16.7. The van der Waals surface area contributed by atoms with Crippen molar-refractivity contribution in [3.05, 3.63) is 0 Å². The summed E-state index contributed by atoms with van der Waals surface area (Å²) < 4.78 is 14.0. The number of hydrogen-bond acceptors (Lipinski definition) is 4. The average molecular weight is 627 g/mol. The lowest BCUT2D eigenvalue weighted by Crippen LogP contribution is -2.59. The molecule has 5 heteroatoms. The highest BCUT2D eigenvalue weighted by Gasteiger charge is 2.63. The van der Waals surface area contributed by atoms with E-state index < -0.39 is 5.97 Å². The van der Waals surface area contributed by atoms with Gasteiger partial charge in [0.15, 0.2) is 0 Å². The minimum atomic E-state index is -0.668. The van der Waals surface area contributed by atoms with Crippen molar-refractivity contribution in [2.24, 2.45) is 75.9 Å². The van der Waals surface area contributed by atoms with Crippen molar-refractivity contribution in [2.45, 2.75) is 168 Å². The van der Waals surface area contributed by atoms with Crippen LogP contribution in [-0.4, -0.2) is 46.7 Å². The third kappa shape index (κ3) is 5.57. The van der Waals surface area contributed by atoms with Crippen molar-refractivity contribution in [1.29, 1.82) is 0 Å². The van der Waals surface area contributed by atoms with E-state index in [0.717, 1.165) is 49.4 Å². The van der Waals surface area contributed by atoms with Crippen molar-refractivity contribution < 1.29 is 24.5 Å². The quantitative estimate of drug-likeness (QED) is 0.308. The van der Waals surface area contributed by atoms with Crippen molar-refractivity contribution in [2.75, 3.05) is 0 Å². The van der Waals surface area contributed by atoms with Crippen LogP contribution in [0.3, 0.4) is 0 Å². The second kappa shape index (κ2) is 12.3. The first kappa shape index (κ1) is 32.9. The van der Waals surface area contributed by atoms with Crippen molar-refractivity contribution >= 4 is 5.97 Å². The number of hydrogen-bond donors (Lipinski definition) is 2. The fourth-order valence-corrected chi connectivity index (χ4v) is 14.3. The van der Waals surface area contributed by atoms with Gasteiger partial charge in [-0.2, -0.15) is 0 Å². The minimum absolute atomic E-state index is 0.207. The molecule has 0 aromatic heterocycles. The normalized spacial score (nSPS) is 55.0. The summed E-state index contributed by atoms with van der Waals surface area (Å²) in [6.07, 6.45) is 17.9. The molecule has 7 rings (SSSR count). The van der Waals surface area contributed by atoms with Gasteiger partial charge in [-0.05, 0) is 160 Å². The van der Waals surface area contributed by atoms with Crippen LogP contribution in [0.4, 0.5) is 0 Å². The molecule has 2 N–H and O–H groups in total. The van der Waals surface area contributed by atoms with Gasteiger partial charge in [-0.1, -0.05) is 41.0 Å². The van der Waals surface area contributed by atoms with E-state index in [2.05, 4.69) is 41.5 Å². The summed E-state index contributed by atoms with van der Waals surface area (Å²) in [6, 6.07) is 0. The Bertz CT molecular complexity index is 1080. The molecule has 0 aromatic carbocycles. The molecule has 6 aliphatic carbocycles. The van der Waals surface area contributed by atoms with Gasteiger partial charge in [-0.15, -0.1) is 0 Å². The van der Waals surface area contributed by atoms with Crippen molar-refractivity contribution in [1.82, 2.24) is 0 Å². The lowest BCUT2D eigenvalue weighted by Gasteiger charge is -2.63. The molecular weight excluding hydrogens is 560 g/mol. The van der Waals surface area contributed by atoms with Gasteiger partial charge in [0.2, 0.25) is 0 Å².